The van der Waals surface area contributed by atoms with Crippen molar-refractivity contribution in [1.29, 1.82) is 0 Å². The van der Waals surface area contributed by atoms with Crippen LogP contribution in [-0.4, -0.2) is 47.0 Å². The van der Waals surface area contributed by atoms with Gasteiger partial charge in [0.25, 0.3) is 0 Å². The summed E-state index contributed by atoms with van der Waals surface area (Å²) in [4.78, 5) is 24.2. The molecule has 0 bridgehead atoms. The van der Waals surface area contributed by atoms with E-state index in [-0.39, 0.29) is 11.9 Å². The number of H-pyrrole nitrogens is 1. The van der Waals surface area contributed by atoms with Crippen LogP contribution in [0.25, 0.3) is 0 Å². The SMILES string of the molecule is COc1cccc(N2CCN(Cc3nc[nH]c3C)[C@H](C)C2=O)c1. The number of aromatic nitrogens is 2. The largest absolute Gasteiger partial charge is 0.497 e. The predicted molar refractivity (Wildman–Crippen MR) is 88.5 cm³/mol. The van der Waals surface area contributed by atoms with Crippen LogP contribution in [0.1, 0.15) is 18.3 Å². The monoisotopic (exact) mass is 314 g/mol. The number of ether oxygens (including phenoxy) is 1. The number of aromatic amines is 1. The highest BCUT2D eigenvalue weighted by Crippen LogP contribution is 2.25. The van der Waals surface area contributed by atoms with E-state index in [1.807, 2.05) is 43.0 Å². The quantitative estimate of drug-likeness (QED) is 0.937. The van der Waals surface area contributed by atoms with Crippen LogP contribution in [0.2, 0.25) is 0 Å². The number of anilines is 1. The Bertz CT molecular complexity index is 697. The van der Waals surface area contributed by atoms with Gasteiger partial charge in [-0.1, -0.05) is 6.07 Å². The van der Waals surface area contributed by atoms with Gasteiger partial charge in [0.05, 0.1) is 25.2 Å². The van der Waals surface area contributed by atoms with Crippen LogP contribution in [0.5, 0.6) is 5.75 Å². The fraction of sp³-hybridized carbons (Fsp3) is 0.412. The Labute approximate surface area is 136 Å². The van der Waals surface area contributed by atoms with E-state index in [4.69, 9.17) is 4.74 Å². The molecule has 23 heavy (non-hydrogen) atoms. The lowest BCUT2D eigenvalue weighted by Gasteiger charge is -2.39. The number of imidazole rings is 1. The summed E-state index contributed by atoms with van der Waals surface area (Å²) in [5, 5.41) is 0. The molecule has 2 aromatic rings. The number of carbonyl (C=O) groups is 1. The second-order valence-corrected chi connectivity index (χ2v) is 5.81. The van der Waals surface area contributed by atoms with Crippen molar-refractivity contribution in [2.45, 2.75) is 26.4 Å². The average molecular weight is 314 g/mol. The third-order valence-corrected chi connectivity index (χ3v) is 4.43. The molecule has 122 valence electrons. The highest BCUT2D eigenvalue weighted by Gasteiger charge is 2.32. The van der Waals surface area contributed by atoms with Gasteiger partial charge in [0, 0.05) is 37.1 Å². The van der Waals surface area contributed by atoms with Crippen molar-refractivity contribution < 1.29 is 9.53 Å². The second-order valence-electron chi connectivity index (χ2n) is 5.81. The van der Waals surface area contributed by atoms with Crippen LogP contribution in [0.3, 0.4) is 0 Å². The molecule has 6 nitrogen and oxygen atoms in total. The van der Waals surface area contributed by atoms with Crippen molar-refractivity contribution in [3.8, 4) is 5.75 Å². The molecule has 1 aliphatic heterocycles. The molecule has 1 aromatic heterocycles. The third-order valence-electron chi connectivity index (χ3n) is 4.43. The number of nitrogens with zero attached hydrogens (tertiary/aromatic N) is 3. The molecule has 1 saturated heterocycles. The smallest absolute Gasteiger partial charge is 0.244 e. The maximum Gasteiger partial charge on any atom is 0.244 e. The molecule has 1 atom stereocenters. The van der Waals surface area contributed by atoms with Crippen LogP contribution < -0.4 is 9.64 Å². The first kappa shape index (κ1) is 15.6. The Balaban J connectivity index is 1.74. The minimum atomic E-state index is -0.175. The number of aryl methyl sites for hydroxylation is 1. The number of methoxy groups -OCH3 is 1. The van der Waals surface area contributed by atoms with Gasteiger partial charge in [-0.25, -0.2) is 4.98 Å². The third kappa shape index (κ3) is 3.07. The zero-order valence-corrected chi connectivity index (χ0v) is 13.7. The number of amides is 1. The Morgan fingerprint density at radius 3 is 2.91 bits per heavy atom. The molecular formula is C17H22N4O2. The van der Waals surface area contributed by atoms with Crippen LogP contribution in [0.4, 0.5) is 5.69 Å². The average Bonchev–Trinajstić information content (AvgIpc) is 2.97. The first-order valence-electron chi connectivity index (χ1n) is 7.78. The van der Waals surface area contributed by atoms with E-state index >= 15 is 0 Å². The van der Waals surface area contributed by atoms with Gasteiger partial charge in [0.2, 0.25) is 5.91 Å². The lowest BCUT2D eigenvalue weighted by atomic mass is 10.1. The fourth-order valence-electron chi connectivity index (χ4n) is 2.90. The molecule has 0 spiro atoms. The second kappa shape index (κ2) is 6.42. The topological polar surface area (TPSA) is 61.5 Å². The number of benzene rings is 1. The Morgan fingerprint density at radius 2 is 2.22 bits per heavy atom. The predicted octanol–water partition coefficient (Wildman–Crippen LogP) is 1.96. The first-order chi connectivity index (χ1) is 11.1. The van der Waals surface area contributed by atoms with Crippen LogP contribution >= 0.6 is 0 Å². The minimum Gasteiger partial charge on any atom is -0.497 e. The molecule has 6 heteroatoms. The first-order valence-corrected chi connectivity index (χ1v) is 7.78. The molecule has 0 radical (unpaired) electrons. The normalized spacial score (nSPS) is 19.2. The van der Waals surface area contributed by atoms with Crippen molar-refractivity contribution in [1.82, 2.24) is 14.9 Å². The number of nitrogens with one attached hydrogen (secondary N) is 1. The van der Waals surface area contributed by atoms with Gasteiger partial charge in [-0.2, -0.15) is 0 Å². The van der Waals surface area contributed by atoms with Crippen molar-refractivity contribution >= 4 is 11.6 Å². The van der Waals surface area contributed by atoms with E-state index < -0.39 is 0 Å². The summed E-state index contributed by atoms with van der Waals surface area (Å²) >= 11 is 0. The number of hydrogen-bond donors (Lipinski definition) is 1. The van der Waals surface area contributed by atoms with Crippen LogP contribution in [0.15, 0.2) is 30.6 Å². The molecule has 1 amide bonds. The van der Waals surface area contributed by atoms with Crippen LogP contribution in [-0.2, 0) is 11.3 Å². The van der Waals surface area contributed by atoms with Crippen molar-refractivity contribution in [3.05, 3.63) is 42.0 Å². The maximum atomic E-state index is 12.8. The number of hydrogen-bond acceptors (Lipinski definition) is 4. The minimum absolute atomic E-state index is 0.109. The van der Waals surface area contributed by atoms with Gasteiger partial charge in [-0.05, 0) is 26.0 Å². The van der Waals surface area contributed by atoms with Crippen LogP contribution in [0, 0.1) is 6.92 Å². The standard InChI is InChI=1S/C17H22N4O2/c1-12-16(19-11-18-12)10-20-7-8-21(17(22)13(20)2)14-5-4-6-15(9-14)23-3/h4-6,9,11,13H,7-8,10H2,1-3H3,(H,18,19)/t13-/m1/s1. The molecule has 1 fully saturated rings. The highest BCUT2D eigenvalue weighted by atomic mass is 16.5. The fourth-order valence-corrected chi connectivity index (χ4v) is 2.90. The summed E-state index contributed by atoms with van der Waals surface area (Å²) in [5.41, 5.74) is 2.94. The zero-order chi connectivity index (χ0) is 16.4. The van der Waals surface area contributed by atoms with Crippen molar-refractivity contribution in [3.63, 3.8) is 0 Å². The Hall–Kier alpha value is -2.34. The van der Waals surface area contributed by atoms with E-state index in [0.29, 0.717) is 13.1 Å². The molecule has 1 N–H and O–H groups in total. The van der Waals surface area contributed by atoms with Gasteiger partial charge in [-0.3, -0.25) is 9.69 Å². The Kier molecular flexibility index (Phi) is 4.34. The van der Waals surface area contributed by atoms with E-state index in [2.05, 4.69) is 14.9 Å². The molecule has 0 saturated carbocycles. The summed E-state index contributed by atoms with van der Waals surface area (Å²) in [6.07, 6.45) is 1.70. The number of piperazine rings is 1. The molecular weight excluding hydrogens is 292 g/mol. The molecule has 0 unspecified atom stereocenters. The van der Waals surface area contributed by atoms with Gasteiger partial charge in [0.15, 0.2) is 0 Å². The van der Waals surface area contributed by atoms with E-state index in [1.165, 1.54) is 0 Å². The Morgan fingerprint density at radius 1 is 1.39 bits per heavy atom. The van der Waals surface area contributed by atoms with Crippen molar-refractivity contribution in [2.24, 2.45) is 0 Å². The molecule has 1 aliphatic rings. The van der Waals surface area contributed by atoms with Gasteiger partial charge in [-0.15, -0.1) is 0 Å². The number of carbonyl (C=O) groups excluding carboxylic acids is 1. The highest BCUT2D eigenvalue weighted by molar-refractivity contribution is 5.97. The summed E-state index contributed by atoms with van der Waals surface area (Å²) in [7, 11) is 1.63. The summed E-state index contributed by atoms with van der Waals surface area (Å²) < 4.78 is 5.25. The van der Waals surface area contributed by atoms with Gasteiger partial charge >= 0.3 is 0 Å². The maximum absolute atomic E-state index is 12.8. The van der Waals surface area contributed by atoms with Gasteiger partial charge < -0.3 is 14.6 Å². The van der Waals surface area contributed by atoms with E-state index in [9.17, 15) is 4.79 Å². The summed E-state index contributed by atoms with van der Waals surface area (Å²) in [6, 6.07) is 7.46. The molecule has 1 aromatic carbocycles. The van der Waals surface area contributed by atoms with Gasteiger partial charge in [0.1, 0.15) is 5.75 Å². The van der Waals surface area contributed by atoms with E-state index in [1.54, 1.807) is 13.4 Å². The lowest BCUT2D eigenvalue weighted by molar-refractivity contribution is -0.125. The van der Waals surface area contributed by atoms with Crippen molar-refractivity contribution in [2.75, 3.05) is 25.1 Å². The zero-order valence-electron chi connectivity index (χ0n) is 13.7. The summed E-state index contributed by atoms with van der Waals surface area (Å²) in [5.74, 6) is 0.871. The molecule has 2 heterocycles. The lowest BCUT2D eigenvalue weighted by Crippen LogP contribution is -2.55. The summed E-state index contributed by atoms with van der Waals surface area (Å²) in [6.45, 7) is 6.13. The molecule has 3 rings (SSSR count). The number of rotatable bonds is 4. The molecule has 0 aliphatic carbocycles. The van der Waals surface area contributed by atoms with E-state index in [0.717, 1.165) is 29.4 Å².